The van der Waals surface area contributed by atoms with Crippen molar-refractivity contribution in [1.82, 2.24) is 19.3 Å². The van der Waals surface area contributed by atoms with Gasteiger partial charge in [0.15, 0.2) is 5.69 Å². The van der Waals surface area contributed by atoms with Crippen LogP contribution in [0.15, 0.2) is 36.8 Å². The summed E-state index contributed by atoms with van der Waals surface area (Å²) in [5.74, 6) is -0.409. The average molecular weight is 325 g/mol. The molecular formula is C17H16FN5O. The Hall–Kier alpha value is -2.98. The lowest BCUT2D eigenvalue weighted by Crippen LogP contribution is -2.10. The second-order valence-corrected chi connectivity index (χ2v) is 5.61. The number of nitrogens with zero attached hydrogens (tertiary/aromatic N) is 5. The van der Waals surface area contributed by atoms with Gasteiger partial charge in [0.25, 0.3) is 0 Å². The number of nitriles is 1. The Morgan fingerprint density at radius 2 is 2.17 bits per heavy atom. The minimum Gasteiger partial charge on any atom is -0.389 e. The molecule has 24 heavy (non-hydrogen) atoms. The van der Waals surface area contributed by atoms with E-state index in [2.05, 4.69) is 10.1 Å². The van der Waals surface area contributed by atoms with Crippen molar-refractivity contribution >= 4 is 0 Å². The second kappa shape index (κ2) is 6.26. The summed E-state index contributed by atoms with van der Waals surface area (Å²) in [6, 6.07) is 8.14. The smallest absolute Gasteiger partial charge is 0.158 e. The molecule has 0 amide bonds. The normalized spacial score (nSPS) is 12.1. The van der Waals surface area contributed by atoms with E-state index < -0.39 is 11.9 Å². The number of aromatic nitrogens is 4. The summed E-state index contributed by atoms with van der Waals surface area (Å²) in [4.78, 5) is 3.98. The summed E-state index contributed by atoms with van der Waals surface area (Å²) in [7, 11) is 0. The number of hydrogen-bond donors (Lipinski definition) is 1. The van der Waals surface area contributed by atoms with Crippen molar-refractivity contribution in [2.75, 3.05) is 0 Å². The van der Waals surface area contributed by atoms with Gasteiger partial charge in [0.2, 0.25) is 0 Å². The zero-order valence-electron chi connectivity index (χ0n) is 13.3. The Balaban J connectivity index is 2.05. The maximum absolute atomic E-state index is 13.5. The van der Waals surface area contributed by atoms with E-state index in [9.17, 15) is 9.50 Å². The monoisotopic (exact) mass is 325 g/mol. The molecule has 0 fully saturated rings. The Bertz CT molecular complexity index is 919. The highest BCUT2D eigenvalue weighted by molar-refractivity contribution is 5.43. The van der Waals surface area contributed by atoms with Crippen LogP contribution < -0.4 is 0 Å². The van der Waals surface area contributed by atoms with Gasteiger partial charge in [-0.2, -0.15) is 10.4 Å². The van der Waals surface area contributed by atoms with Gasteiger partial charge in [-0.3, -0.25) is 0 Å². The van der Waals surface area contributed by atoms with Crippen LogP contribution in [-0.2, 0) is 6.54 Å². The highest BCUT2D eigenvalue weighted by atomic mass is 19.1. The molecule has 0 saturated carbocycles. The molecular weight excluding hydrogens is 309 g/mol. The molecule has 0 aliphatic heterocycles. The van der Waals surface area contributed by atoms with E-state index in [0.29, 0.717) is 23.5 Å². The minimum absolute atomic E-state index is 0.337. The Morgan fingerprint density at radius 3 is 2.83 bits per heavy atom. The van der Waals surface area contributed by atoms with Gasteiger partial charge in [0.1, 0.15) is 11.9 Å². The second-order valence-electron chi connectivity index (χ2n) is 5.61. The standard InChI is InChI=1S/C17H16FN5O/c1-11-5-15(9-22-8-14(7-19)20-10-22)23(21-11)17-4-3-13(18)6-16(17)12(2)24/h3-6,8,10,12,24H,9H2,1-2H3. The van der Waals surface area contributed by atoms with Crippen LogP contribution in [-0.4, -0.2) is 24.4 Å². The van der Waals surface area contributed by atoms with E-state index in [4.69, 9.17) is 5.26 Å². The number of rotatable bonds is 4. The molecule has 3 aromatic rings. The van der Waals surface area contributed by atoms with Crippen molar-refractivity contribution in [2.45, 2.75) is 26.5 Å². The fourth-order valence-electron chi connectivity index (χ4n) is 2.62. The van der Waals surface area contributed by atoms with Crippen LogP contribution in [0.3, 0.4) is 0 Å². The van der Waals surface area contributed by atoms with Gasteiger partial charge in [0.05, 0.1) is 36.1 Å². The highest BCUT2D eigenvalue weighted by Crippen LogP contribution is 2.24. The van der Waals surface area contributed by atoms with Gasteiger partial charge in [-0.15, -0.1) is 0 Å². The van der Waals surface area contributed by atoms with Crippen LogP contribution in [0.1, 0.15) is 35.7 Å². The Morgan fingerprint density at radius 1 is 1.38 bits per heavy atom. The molecule has 2 aromatic heterocycles. The van der Waals surface area contributed by atoms with Crippen LogP contribution in [0, 0.1) is 24.1 Å². The fourth-order valence-corrected chi connectivity index (χ4v) is 2.62. The third-order valence-corrected chi connectivity index (χ3v) is 3.67. The minimum atomic E-state index is -0.827. The van der Waals surface area contributed by atoms with Crippen LogP contribution in [0.25, 0.3) is 5.69 Å². The predicted molar refractivity (Wildman–Crippen MR) is 84.9 cm³/mol. The quantitative estimate of drug-likeness (QED) is 0.799. The zero-order chi connectivity index (χ0) is 17.3. The summed E-state index contributed by atoms with van der Waals surface area (Å²) >= 11 is 0. The molecule has 7 heteroatoms. The van der Waals surface area contributed by atoms with Gasteiger partial charge < -0.3 is 9.67 Å². The summed E-state index contributed by atoms with van der Waals surface area (Å²) in [6.45, 7) is 3.90. The lowest BCUT2D eigenvalue weighted by atomic mass is 10.1. The first-order valence-corrected chi connectivity index (χ1v) is 7.43. The fraction of sp³-hybridized carbons (Fsp3) is 0.235. The van der Waals surface area contributed by atoms with E-state index in [1.54, 1.807) is 34.8 Å². The first-order chi connectivity index (χ1) is 11.5. The van der Waals surface area contributed by atoms with Gasteiger partial charge in [-0.25, -0.2) is 14.1 Å². The molecule has 6 nitrogen and oxygen atoms in total. The van der Waals surface area contributed by atoms with Crippen molar-refractivity contribution in [3.63, 3.8) is 0 Å². The molecule has 1 aromatic carbocycles. The number of hydrogen-bond acceptors (Lipinski definition) is 4. The molecule has 0 radical (unpaired) electrons. The van der Waals surface area contributed by atoms with Crippen LogP contribution in [0.4, 0.5) is 4.39 Å². The van der Waals surface area contributed by atoms with E-state index in [1.807, 2.05) is 19.1 Å². The highest BCUT2D eigenvalue weighted by Gasteiger charge is 2.16. The van der Waals surface area contributed by atoms with E-state index >= 15 is 0 Å². The van der Waals surface area contributed by atoms with Crippen molar-refractivity contribution in [1.29, 1.82) is 5.26 Å². The van der Waals surface area contributed by atoms with Crippen molar-refractivity contribution < 1.29 is 9.50 Å². The molecule has 0 saturated heterocycles. The molecule has 0 aliphatic carbocycles. The number of benzene rings is 1. The predicted octanol–water partition coefficient (Wildman–Crippen LogP) is 2.49. The first kappa shape index (κ1) is 15.9. The molecule has 1 N–H and O–H groups in total. The van der Waals surface area contributed by atoms with Crippen molar-refractivity contribution in [3.8, 4) is 11.8 Å². The molecule has 0 bridgehead atoms. The SMILES string of the molecule is Cc1cc(Cn2cnc(C#N)c2)n(-c2ccc(F)cc2C(C)O)n1. The number of halogens is 1. The van der Waals surface area contributed by atoms with Gasteiger partial charge in [0, 0.05) is 11.8 Å². The number of aliphatic hydroxyl groups is 1. The number of imidazole rings is 1. The van der Waals surface area contributed by atoms with Crippen LogP contribution in [0.5, 0.6) is 0 Å². The first-order valence-electron chi connectivity index (χ1n) is 7.43. The largest absolute Gasteiger partial charge is 0.389 e. The molecule has 1 atom stereocenters. The van der Waals surface area contributed by atoms with Gasteiger partial charge in [-0.05, 0) is 38.1 Å². The van der Waals surface area contributed by atoms with Gasteiger partial charge >= 0.3 is 0 Å². The Kier molecular flexibility index (Phi) is 4.15. The topological polar surface area (TPSA) is 79.7 Å². The molecule has 2 heterocycles. The van der Waals surface area contributed by atoms with E-state index in [1.165, 1.54) is 12.1 Å². The van der Waals surface area contributed by atoms with Crippen molar-refractivity contribution in [2.24, 2.45) is 0 Å². The summed E-state index contributed by atoms with van der Waals surface area (Å²) < 4.78 is 17.0. The maximum Gasteiger partial charge on any atom is 0.158 e. The lowest BCUT2D eigenvalue weighted by Gasteiger charge is -2.15. The third-order valence-electron chi connectivity index (χ3n) is 3.67. The molecule has 3 rings (SSSR count). The average Bonchev–Trinajstić information content (AvgIpc) is 3.14. The molecule has 0 spiro atoms. The maximum atomic E-state index is 13.5. The zero-order valence-corrected chi connectivity index (χ0v) is 13.3. The summed E-state index contributed by atoms with van der Waals surface area (Å²) in [5, 5.41) is 23.3. The van der Waals surface area contributed by atoms with Crippen molar-refractivity contribution in [3.05, 3.63) is 65.3 Å². The Labute approximate surface area is 138 Å². The van der Waals surface area contributed by atoms with E-state index in [-0.39, 0.29) is 0 Å². The molecule has 122 valence electrons. The van der Waals surface area contributed by atoms with Crippen LogP contribution >= 0.6 is 0 Å². The number of aliphatic hydroxyl groups excluding tert-OH is 1. The lowest BCUT2D eigenvalue weighted by molar-refractivity contribution is 0.198. The summed E-state index contributed by atoms with van der Waals surface area (Å²) in [5.41, 5.74) is 3.05. The molecule has 1 unspecified atom stereocenters. The third kappa shape index (κ3) is 3.05. The molecule has 0 aliphatic rings. The van der Waals surface area contributed by atoms with Crippen LogP contribution in [0.2, 0.25) is 0 Å². The van der Waals surface area contributed by atoms with Gasteiger partial charge in [-0.1, -0.05) is 0 Å². The summed E-state index contributed by atoms with van der Waals surface area (Å²) in [6.07, 6.45) is 2.39. The van der Waals surface area contributed by atoms with E-state index in [0.717, 1.165) is 11.4 Å². The number of aryl methyl sites for hydroxylation is 1.